The number of anilines is 1. The maximum Gasteiger partial charge on any atom is 0.244 e. The van der Waals surface area contributed by atoms with Gasteiger partial charge in [0.15, 0.2) is 0 Å². The molecule has 106 valence electrons. The van der Waals surface area contributed by atoms with E-state index in [1.54, 1.807) is 12.1 Å². The van der Waals surface area contributed by atoms with Crippen molar-refractivity contribution in [3.8, 4) is 0 Å². The molecular formula is C12H19N3O3S. The number of pyridine rings is 1. The van der Waals surface area contributed by atoms with Crippen molar-refractivity contribution in [2.75, 3.05) is 32.6 Å². The van der Waals surface area contributed by atoms with Crippen molar-refractivity contribution in [3.63, 3.8) is 0 Å². The van der Waals surface area contributed by atoms with Gasteiger partial charge < -0.3 is 10.1 Å². The van der Waals surface area contributed by atoms with Crippen LogP contribution in [0.3, 0.4) is 0 Å². The van der Waals surface area contributed by atoms with Crippen LogP contribution in [0.4, 0.5) is 5.82 Å². The average molecular weight is 285 g/mol. The zero-order valence-electron chi connectivity index (χ0n) is 11.4. The Hall–Kier alpha value is -1.18. The third-order valence-corrected chi connectivity index (χ3v) is 4.96. The fourth-order valence-corrected chi connectivity index (χ4v) is 2.74. The first kappa shape index (κ1) is 14.2. The monoisotopic (exact) mass is 285 g/mol. The van der Waals surface area contributed by atoms with Gasteiger partial charge in [0.2, 0.25) is 10.0 Å². The summed E-state index contributed by atoms with van der Waals surface area (Å²) in [5, 5.41) is 3.28. The Bertz CT molecular complexity index is 534. The number of rotatable bonds is 4. The van der Waals surface area contributed by atoms with Gasteiger partial charge in [0, 0.05) is 26.9 Å². The van der Waals surface area contributed by atoms with Crippen molar-refractivity contribution in [1.29, 1.82) is 0 Å². The Morgan fingerprint density at radius 3 is 2.63 bits per heavy atom. The third-order valence-electron chi connectivity index (χ3n) is 3.16. The Kier molecular flexibility index (Phi) is 3.80. The van der Waals surface area contributed by atoms with Crippen LogP contribution in [0.1, 0.15) is 13.3 Å². The molecule has 1 aromatic heterocycles. The zero-order valence-corrected chi connectivity index (χ0v) is 12.2. The van der Waals surface area contributed by atoms with Crippen molar-refractivity contribution in [3.05, 3.63) is 18.3 Å². The minimum absolute atomic E-state index is 0.130. The summed E-state index contributed by atoms with van der Waals surface area (Å²) < 4.78 is 30.3. The van der Waals surface area contributed by atoms with E-state index < -0.39 is 10.0 Å². The van der Waals surface area contributed by atoms with E-state index in [0.717, 1.165) is 13.0 Å². The van der Waals surface area contributed by atoms with Gasteiger partial charge in [-0.05, 0) is 25.5 Å². The number of nitrogens with zero attached hydrogens (tertiary/aromatic N) is 2. The Balaban J connectivity index is 2.15. The fraction of sp³-hybridized carbons (Fsp3) is 0.583. The van der Waals surface area contributed by atoms with Crippen LogP contribution in [0.5, 0.6) is 0 Å². The lowest BCUT2D eigenvalue weighted by atomic mass is 10.0. The summed E-state index contributed by atoms with van der Waals surface area (Å²) in [5.41, 5.74) is -0.130. The summed E-state index contributed by atoms with van der Waals surface area (Å²) in [4.78, 5) is 4.35. The number of hydrogen-bond acceptors (Lipinski definition) is 5. The second-order valence-electron chi connectivity index (χ2n) is 5.15. The van der Waals surface area contributed by atoms with Crippen LogP contribution < -0.4 is 5.32 Å². The first-order valence-corrected chi connectivity index (χ1v) is 7.52. The SMILES string of the molecule is CN(C)S(=O)(=O)c1ccc(NC2(C)CCOC2)nc1. The summed E-state index contributed by atoms with van der Waals surface area (Å²) in [5.74, 6) is 0.658. The second kappa shape index (κ2) is 5.07. The summed E-state index contributed by atoms with van der Waals surface area (Å²) >= 11 is 0. The first-order chi connectivity index (χ1) is 8.83. The van der Waals surface area contributed by atoms with Gasteiger partial charge in [-0.15, -0.1) is 0 Å². The topological polar surface area (TPSA) is 71.5 Å². The highest BCUT2D eigenvalue weighted by molar-refractivity contribution is 7.89. The maximum atomic E-state index is 11.9. The minimum atomic E-state index is -3.42. The summed E-state index contributed by atoms with van der Waals surface area (Å²) in [6.45, 7) is 3.43. The van der Waals surface area contributed by atoms with Crippen LogP contribution in [-0.2, 0) is 14.8 Å². The van der Waals surface area contributed by atoms with Crippen molar-refractivity contribution >= 4 is 15.8 Å². The highest BCUT2D eigenvalue weighted by Crippen LogP contribution is 2.23. The molecule has 0 radical (unpaired) electrons. The molecule has 1 aliphatic heterocycles. The Morgan fingerprint density at radius 1 is 1.42 bits per heavy atom. The lowest BCUT2D eigenvalue weighted by Crippen LogP contribution is -2.35. The number of aromatic nitrogens is 1. The molecule has 1 aromatic rings. The molecular weight excluding hydrogens is 266 g/mol. The Morgan fingerprint density at radius 2 is 2.16 bits per heavy atom. The van der Waals surface area contributed by atoms with Gasteiger partial charge in [0.25, 0.3) is 0 Å². The number of ether oxygens (including phenoxy) is 1. The highest BCUT2D eigenvalue weighted by Gasteiger charge is 2.29. The largest absolute Gasteiger partial charge is 0.379 e. The molecule has 1 fully saturated rings. The van der Waals surface area contributed by atoms with Gasteiger partial charge in [0.1, 0.15) is 10.7 Å². The van der Waals surface area contributed by atoms with E-state index in [1.807, 2.05) is 0 Å². The maximum absolute atomic E-state index is 11.9. The fourth-order valence-electron chi connectivity index (χ4n) is 1.89. The molecule has 0 aliphatic carbocycles. The predicted molar refractivity (Wildman–Crippen MR) is 72.6 cm³/mol. The number of hydrogen-bond donors (Lipinski definition) is 1. The van der Waals surface area contributed by atoms with Crippen molar-refractivity contribution in [2.45, 2.75) is 23.8 Å². The third kappa shape index (κ3) is 3.05. The van der Waals surface area contributed by atoms with Gasteiger partial charge in [-0.1, -0.05) is 0 Å². The molecule has 19 heavy (non-hydrogen) atoms. The quantitative estimate of drug-likeness (QED) is 0.891. The molecule has 2 heterocycles. The Labute approximate surface area is 113 Å². The van der Waals surface area contributed by atoms with E-state index in [4.69, 9.17) is 4.74 Å². The molecule has 0 aromatic carbocycles. The van der Waals surface area contributed by atoms with Crippen LogP contribution >= 0.6 is 0 Å². The average Bonchev–Trinajstić information content (AvgIpc) is 2.76. The molecule has 7 heteroatoms. The molecule has 2 rings (SSSR count). The lowest BCUT2D eigenvalue weighted by Gasteiger charge is -2.24. The van der Waals surface area contributed by atoms with Gasteiger partial charge >= 0.3 is 0 Å². The van der Waals surface area contributed by atoms with E-state index >= 15 is 0 Å². The first-order valence-electron chi connectivity index (χ1n) is 6.08. The molecule has 1 atom stereocenters. The van der Waals surface area contributed by atoms with Gasteiger partial charge in [-0.2, -0.15) is 0 Å². The lowest BCUT2D eigenvalue weighted by molar-refractivity contribution is 0.185. The van der Waals surface area contributed by atoms with Crippen LogP contribution in [0.2, 0.25) is 0 Å². The van der Waals surface area contributed by atoms with E-state index in [-0.39, 0.29) is 10.4 Å². The standard InChI is InChI=1S/C12H19N3O3S/c1-12(6-7-18-9-12)14-11-5-4-10(8-13-11)19(16,17)15(2)3/h4-5,8H,6-7,9H2,1-3H3,(H,13,14). The molecule has 0 spiro atoms. The smallest absolute Gasteiger partial charge is 0.244 e. The molecule has 1 aliphatic rings. The van der Waals surface area contributed by atoms with Gasteiger partial charge in [0.05, 0.1) is 12.1 Å². The number of sulfonamides is 1. The van der Waals surface area contributed by atoms with Crippen LogP contribution in [0.25, 0.3) is 0 Å². The van der Waals surface area contributed by atoms with Crippen LogP contribution in [0, 0.1) is 0 Å². The molecule has 1 N–H and O–H groups in total. The van der Waals surface area contributed by atoms with Crippen molar-refractivity contribution in [1.82, 2.24) is 9.29 Å². The highest BCUT2D eigenvalue weighted by atomic mass is 32.2. The van der Waals surface area contributed by atoms with Crippen molar-refractivity contribution < 1.29 is 13.2 Å². The normalized spacial score (nSPS) is 23.8. The molecule has 0 saturated carbocycles. The van der Waals surface area contributed by atoms with Gasteiger partial charge in [-0.25, -0.2) is 17.7 Å². The molecule has 0 amide bonds. The number of nitrogens with one attached hydrogen (secondary N) is 1. The summed E-state index contributed by atoms with van der Waals surface area (Å²) in [6.07, 6.45) is 2.28. The second-order valence-corrected chi connectivity index (χ2v) is 7.31. The summed E-state index contributed by atoms with van der Waals surface area (Å²) in [7, 11) is -0.421. The van der Waals surface area contributed by atoms with E-state index in [0.29, 0.717) is 12.4 Å². The van der Waals surface area contributed by atoms with E-state index in [2.05, 4.69) is 17.2 Å². The van der Waals surface area contributed by atoms with E-state index in [1.165, 1.54) is 24.6 Å². The predicted octanol–water partition coefficient (Wildman–Crippen LogP) is 0.923. The van der Waals surface area contributed by atoms with Crippen LogP contribution in [0.15, 0.2) is 23.2 Å². The molecule has 1 saturated heterocycles. The van der Waals surface area contributed by atoms with E-state index in [9.17, 15) is 8.42 Å². The van der Waals surface area contributed by atoms with Crippen molar-refractivity contribution in [2.24, 2.45) is 0 Å². The molecule has 0 bridgehead atoms. The van der Waals surface area contributed by atoms with Crippen LogP contribution in [-0.4, -0.2) is 50.6 Å². The summed E-state index contributed by atoms with van der Waals surface area (Å²) in [6, 6.07) is 3.24. The molecule has 1 unspecified atom stereocenters. The molecule has 6 nitrogen and oxygen atoms in total. The van der Waals surface area contributed by atoms with Gasteiger partial charge in [-0.3, -0.25) is 0 Å². The minimum Gasteiger partial charge on any atom is -0.379 e. The zero-order chi connectivity index (χ0) is 14.1.